The van der Waals surface area contributed by atoms with Gasteiger partial charge in [-0.05, 0) is 12.0 Å². The van der Waals surface area contributed by atoms with Gasteiger partial charge >= 0.3 is 0 Å². The molecule has 0 unspecified atom stereocenters. The number of ether oxygens (including phenoxy) is 1. The first-order valence-corrected chi connectivity index (χ1v) is 9.12. The molecule has 1 aromatic rings. The minimum Gasteiger partial charge on any atom is -0.370 e. The van der Waals surface area contributed by atoms with Gasteiger partial charge in [0.05, 0.1) is 19.7 Å². The first-order valence-electron chi connectivity index (χ1n) is 9.12. The molecule has 0 bridgehead atoms. The predicted molar refractivity (Wildman–Crippen MR) is 95.2 cm³/mol. The molecule has 140 valence electrons. The molecule has 1 atom stereocenters. The van der Waals surface area contributed by atoms with Gasteiger partial charge in [0.1, 0.15) is 6.10 Å². The van der Waals surface area contributed by atoms with Crippen molar-refractivity contribution in [1.82, 2.24) is 15.1 Å². The number of benzene rings is 1. The average Bonchev–Trinajstić information content (AvgIpc) is 2.68. The summed E-state index contributed by atoms with van der Waals surface area (Å²) in [7, 11) is 0. The number of hydrogen-bond acceptors (Lipinski definition) is 4. The molecule has 0 aromatic heterocycles. The number of carbonyl (C=O) groups is 3. The van der Waals surface area contributed by atoms with Crippen LogP contribution in [0, 0.1) is 0 Å². The molecule has 0 saturated carbocycles. The quantitative estimate of drug-likeness (QED) is 0.840. The van der Waals surface area contributed by atoms with Crippen LogP contribution in [0.1, 0.15) is 30.9 Å². The second-order valence-corrected chi connectivity index (χ2v) is 6.63. The van der Waals surface area contributed by atoms with E-state index in [0.29, 0.717) is 52.0 Å². The fraction of sp³-hybridized carbons (Fsp3) is 0.526. The Kier molecular flexibility index (Phi) is 6.22. The Morgan fingerprint density at radius 3 is 2.54 bits per heavy atom. The third-order valence-corrected chi connectivity index (χ3v) is 4.76. The minimum atomic E-state index is -0.124. The minimum absolute atomic E-state index is 0.0541. The summed E-state index contributed by atoms with van der Waals surface area (Å²) in [5.74, 6) is -0.129. The van der Waals surface area contributed by atoms with Crippen molar-refractivity contribution in [1.29, 1.82) is 0 Å². The number of piperazine rings is 1. The van der Waals surface area contributed by atoms with Crippen LogP contribution in [-0.2, 0) is 19.1 Å². The third-order valence-electron chi connectivity index (χ3n) is 4.76. The molecule has 0 radical (unpaired) electrons. The van der Waals surface area contributed by atoms with Gasteiger partial charge in [-0.3, -0.25) is 14.4 Å². The summed E-state index contributed by atoms with van der Waals surface area (Å²) in [5.41, 5.74) is 1.07. The lowest BCUT2D eigenvalue weighted by atomic mass is 10.1. The molecule has 1 N–H and O–H groups in total. The number of nitrogens with zero attached hydrogens (tertiary/aromatic N) is 2. The van der Waals surface area contributed by atoms with Gasteiger partial charge in [0.15, 0.2) is 0 Å². The molecule has 2 saturated heterocycles. The predicted octanol–water partition coefficient (Wildman–Crippen LogP) is 0.715. The van der Waals surface area contributed by atoms with Crippen molar-refractivity contribution in [2.75, 3.05) is 39.3 Å². The van der Waals surface area contributed by atoms with Crippen LogP contribution in [0.25, 0.3) is 0 Å². The van der Waals surface area contributed by atoms with Crippen LogP contribution in [0.3, 0.4) is 0 Å². The SMILES string of the molecule is O=C1CN(C(=O)CCCC(=O)N2CCO[C@H](c3ccccc3)C2)CCN1. The Labute approximate surface area is 153 Å². The Bertz CT molecular complexity index is 649. The molecule has 7 heteroatoms. The van der Waals surface area contributed by atoms with E-state index in [1.807, 2.05) is 35.2 Å². The van der Waals surface area contributed by atoms with E-state index in [4.69, 9.17) is 4.74 Å². The highest BCUT2D eigenvalue weighted by atomic mass is 16.5. The smallest absolute Gasteiger partial charge is 0.239 e. The zero-order valence-electron chi connectivity index (χ0n) is 14.9. The van der Waals surface area contributed by atoms with Crippen LogP contribution in [0.4, 0.5) is 0 Å². The molecule has 26 heavy (non-hydrogen) atoms. The van der Waals surface area contributed by atoms with Crippen LogP contribution >= 0.6 is 0 Å². The molecule has 1 aromatic carbocycles. The van der Waals surface area contributed by atoms with Crippen molar-refractivity contribution in [3.8, 4) is 0 Å². The number of hydrogen-bond donors (Lipinski definition) is 1. The van der Waals surface area contributed by atoms with Crippen molar-refractivity contribution in [3.05, 3.63) is 35.9 Å². The van der Waals surface area contributed by atoms with Gasteiger partial charge < -0.3 is 19.9 Å². The Morgan fingerprint density at radius 2 is 1.81 bits per heavy atom. The standard InChI is InChI=1S/C19H25N3O4/c23-17-14-21(10-9-20-17)18(24)7-4-8-19(25)22-11-12-26-16(13-22)15-5-2-1-3-6-15/h1-3,5-6,16H,4,7-14H2,(H,20,23)/t16-/m0/s1. The van der Waals surface area contributed by atoms with Crippen molar-refractivity contribution in [3.63, 3.8) is 0 Å². The monoisotopic (exact) mass is 359 g/mol. The average molecular weight is 359 g/mol. The highest BCUT2D eigenvalue weighted by Gasteiger charge is 2.26. The maximum Gasteiger partial charge on any atom is 0.239 e. The maximum atomic E-state index is 12.5. The Hall–Kier alpha value is -2.41. The van der Waals surface area contributed by atoms with Crippen LogP contribution < -0.4 is 5.32 Å². The molecular weight excluding hydrogens is 334 g/mol. The van der Waals surface area contributed by atoms with Crippen molar-refractivity contribution < 1.29 is 19.1 Å². The van der Waals surface area contributed by atoms with E-state index < -0.39 is 0 Å². The fourth-order valence-corrected chi connectivity index (χ4v) is 3.30. The van der Waals surface area contributed by atoms with E-state index in [2.05, 4.69) is 5.32 Å². The molecule has 2 fully saturated rings. The van der Waals surface area contributed by atoms with E-state index in [1.165, 1.54) is 0 Å². The molecule has 0 spiro atoms. The van der Waals surface area contributed by atoms with Gasteiger partial charge in [-0.25, -0.2) is 0 Å². The summed E-state index contributed by atoms with van der Waals surface area (Å²) in [4.78, 5) is 39.3. The molecule has 2 aliphatic heterocycles. The first kappa shape index (κ1) is 18.4. The lowest BCUT2D eigenvalue weighted by molar-refractivity contribution is -0.140. The molecule has 3 rings (SSSR count). The fourth-order valence-electron chi connectivity index (χ4n) is 3.30. The summed E-state index contributed by atoms with van der Waals surface area (Å²) in [5, 5.41) is 2.70. The zero-order chi connectivity index (χ0) is 18.4. The van der Waals surface area contributed by atoms with Crippen LogP contribution in [0.2, 0.25) is 0 Å². The van der Waals surface area contributed by atoms with E-state index in [9.17, 15) is 14.4 Å². The molecular formula is C19H25N3O4. The van der Waals surface area contributed by atoms with E-state index in [0.717, 1.165) is 5.56 Å². The molecule has 2 aliphatic rings. The van der Waals surface area contributed by atoms with Crippen LogP contribution in [-0.4, -0.2) is 66.9 Å². The third kappa shape index (κ3) is 4.82. The first-order chi connectivity index (χ1) is 12.6. The van der Waals surface area contributed by atoms with Gasteiger partial charge in [0.25, 0.3) is 0 Å². The van der Waals surface area contributed by atoms with Crippen molar-refractivity contribution in [2.45, 2.75) is 25.4 Å². The maximum absolute atomic E-state index is 12.5. The largest absolute Gasteiger partial charge is 0.370 e. The summed E-state index contributed by atoms with van der Waals surface area (Å²) >= 11 is 0. The molecule has 3 amide bonds. The van der Waals surface area contributed by atoms with Gasteiger partial charge in [-0.15, -0.1) is 0 Å². The lowest BCUT2D eigenvalue weighted by Crippen LogP contribution is -2.50. The van der Waals surface area contributed by atoms with Gasteiger partial charge in [-0.1, -0.05) is 30.3 Å². The highest BCUT2D eigenvalue weighted by Crippen LogP contribution is 2.22. The van der Waals surface area contributed by atoms with Gasteiger partial charge in [-0.2, -0.15) is 0 Å². The van der Waals surface area contributed by atoms with Crippen LogP contribution in [0.5, 0.6) is 0 Å². The second kappa shape index (κ2) is 8.80. The summed E-state index contributed by atoms with van der Waals surface area (Å²) < 4.78 is 5.78. The number of morpholine rings is 1. The molecule has 2 heterocycles. The zero-order valence-corrected chi connectivity index (χ0v) is 14.9. The van der Waals surface area contributed by atoms with E-state index >= 15 is 0 Å². The molecule has 0 aliphatic carbocycles. The van der Waals surface area contributed by atoms with Crippen LogP contribution in [0.15, 0.2) is 30.3 Å². The second-order valence-electron chi connectivity index (χ2n) is 6.63. The normalized spacial score (nSPS) is 20.6. The Balaban J connectivity index is 1.43. The molecule has 7 nitrogen and oxygen atoms in total. The van der Waals surface area contributed by atoms with Gasteiger partial charge in [0, 0.05) is 32.5 Å². The summed E-state index contributed by atoms with van der Waals surface area (Å²) in [6, 6.07) is 9.90. The van der Waals surface area contributed by atoms with Crippen molar-refractivity contribution >= 4 is 17.7 Å². The summed E-state index contributed by atoms with van der Waals surface area (Å²) in [6.45, 7) is 2.81. The number of rotatable bonds is 5. The Morgan fingerprint density at radius 1 is 1.08 bits per heavy atom. The number of carbonyl (C=O) groups excluding carboxylic acids is 3. The van der Waals surface area contributed by atoms with Crippen molar-refractivity contribution in [2.24, 2.45) is 0 Å². The van der Waals surface area contributed by atoms with Gasteiger partial charge in [0.2, 0.25) is 17.7 Å². The summed E-state index contributed by atoms with van der Waals surface area (Å²) in [6.07, 6.45) is 1.05. The van der Waals surface area contributed by atoms with E-state index in [-0.39, 0.29) is 30.4 Å². The highest BCUT2D eigenvalue weighted by molar-refractivity contribution is 5.86. The lowest BCUT2D eigenvalue weighted by Gasteiger charge is -2.33. The number of amides is 3. The topological polar surface area (TPSA) is 79.0 Å². The van der Waals surface area contributed by atoms with E-state index in [1.54, 1.807) is 4.90 Å². The number of nitrogens with one attached hydrogen (secondary N) is 1.